The number of nitrogens with two attached hydrogens (primary N) is 1. The average Bonchev–Trinajstić information content (AvgIpc) is 3.18. The van der Waals surface area contributed by atoms with Crippen molar-refractivity contribution in [2.24, 2.45) is 11.7 Å². The molecule has 2 N–H and O–H groups in total. The first-order chi connectivity index (χ1) is 10.3. The molecule has 1 aromatic carbocycles. The van der Waals surface area contributed by atoms with Gasteiger partial charge in [-0.15, -0.1) is 12.4 Å². The van der Waals surface area contributed by atoms with Crippen LogP contribution in [-0.2, 0) is 11.3 Å². The van der Waals surface area contributed by atoms with E-state index in [0.29, 0.717) is 12.5 Å². The van der Waals surface area contributed by atoms with Crippen LogP contribution in [0.4, 0.5) is 0 Å². The van der Waals surface area contributed by atoms with Crippen molar-refractivity contribution in [3.05, 3.63) is 29.8 Å². The number of ether oxygens (including phenoxy) is 2. The molecule has 0 amide bonds. The van der Waals surface area contributed by atoms with Crippen molar-refractivity contribution in [1.29, 1.82) is 0 Å². The molecule has 2 aliphatic rings. The number of rotatable bonds is 6. The maximum absolute atomic E-state index is 5.79. The fourth-order valence-electron chi connectivity index (χ4n) is 3.16. The lowest BCUT2D eigenvalue weighted by molar-refractivity contribution is 0.0679. The number of likely N-dealkylation sites (tertiary alicyclic amines) is 1. The summed E-state index contributed by atoms with van der Waals surface area (Å²) in [6.07, 6.45) is 3.79. The van der Waals surface area contributed by atoms with E-state index in [9.17, 15) is 0 Å². The fourth-order valence-corrected chi connectivity index (χ4v) is 3.16. The topological polar surface area (TPSA) is 47.7 Å². The van der Waals surface area contributed by atoms with Gasteiger partial charge in [0.1, 0.15) is 12.4 Å². The van der Waals surface area contributed by atoms with Gasteiger partial charge >= 0.3 is 0 Å². The number of halogens is 1. The number of hydrogen-bond donors (Lipinski definition) is 1. The van der Waals surface area contributed by atoms with Crippen LogP contribution in [-0.4, -0.2) is 43.9 Å². The Balaban J connectivity index is 0.00000176. The molecule has 0 aromatic heterocycles. The van der Waals surface area contributed by atoms with Gasteiger partial charge in [-0.2, -0.15) is 0 Å². The van der Waals surface area contributed by atoms with E-state index in [2.05, 4.69) is 29.2 Å². The molecule has 2 unspecified atom stereocenters. The molecule has 4 nitrogen and oxygen atoms in total. The maximum Gasteiger partial charge on any atom is 0.119 e. The van der Waals surface area contributed by atoms with E-state index in [-0.39, 0.29) is 18.5 Å². The van der Waals surface area contributed by atoms with E-state index in [0.717, 1.165) is 44.8 Å². The third-order valence-corrected chi connectivity index (χ3v) is 4.49. The van der Waals surface area contributed by atoms with E-state index in [1.54, 1.807) is 0 Å². The van der Waals surface area contributed by atoms with Gasteiger partial charge in [0.25, 0.3) is 0 Å². The lowest BCUT2D eigenvalue weighted by Gasteiger charge is -2.16. The molecule has 2 fully saturated rings. The van der Waals surface area contributed by atoms with E-state index < -0.39 is 0 Å². The lowest BCUT2D eigenvalue weighted by Crippen LogP contribution is -2.22. The van der Waals surface area contributed by atoms with Gasteiger partial charge < -0.3 is 15.2 Å². The summed E-state index contributed by atoms with van der Waals surface area (Å²) in [6.45, 7) is 5.68. The predicted octanol–water partition coefficient (Wildman–Crippen LogP) is 2.45. The minimum Gasteiger partial charge on any atom is -0.491 e. The molecule has 0 bridgehead atoms. The van der Waals surface area contributed by atoms with Crippen molar-refractivity contribution in [3.63, 3.8) is 0 Å². The summed E-state index contributed by atoms with van der Waals surface area (Å²) in [6, 6.07) is 8.47. The zero-order valence-corrected chi connectivity index (χ0v) is 13.9. The molecule has 2 aliphatic heterocycles. The predicted molar refractivity (Wildman–Crippen MR) is 90.6 cm³/mol. The van der Waals surface area contributed by atoms with Crippen LogP contribution in [0.25, 0.3) is 0 Å². The minimum atomic E-state index is 0. The van der Waals surface area contributed by atoms with Crippen molar-refractivity contribution in [2.45, 2.75) is 31.9 Å². The first-order valence-corrected chi connectivity index (χ1v) is 8.09. The molecule has 1 aromatic rings. The standard InChI is InChI=1S/C17H26N2O2.ClH/c18-10-15-7-8-19(12-15)11-14-3-5-16(6-4-14)21-13-17-2-1-9-20-17;/h3-6,15,17H,1-2,7-13,18H2;1H. The molecule has 22 heavy (non-hydrogen) atoms. The Morgan fingerprint density at radius 3 is 2.68 bits per heavy atom. The first-order valence-electron chi connectivity index (χ1n) is 8.09. The Labute approximate surface area is 139 Å². The van der Waals surface area contributed by atoms with Gasteiger partial charge in [0.2, 0.25) is 0 Å². The summed E-state index contributed by atoms with van der Waals surface area (Å²) in [4.78, 5) is 2.49. The van der Waals surface area contributed by atoms with E-state index in [1.165, 1.54) is 18.5 Å². The molecule has 3 rings (SSSR count). The smallest absolute Gasteiger partial charge is 0.119 e. The molecule has 2 atom stereocenters. The zero-order valence-electron chi connectivity index (χ0n) is 13.1. The first kappa shape index (κ1) is 17.5. The van der Waals surface area contributed by atoms with Gasteiger partial charge in [0, 0.05) is 19.7 Å². The number of benzene rings is 1. The van der Waals surface area contributed by atoms with Gasteiger partial charge in [-0.3, -0.25) is 4.90 Å². The third-order valence-electron chi connectivity index (χ3n) is 4.49. The molecule has 0 radical (unpaired) electrons. The number of nitrogens with zero attached hydrogens (tertiary/aromatic N) is 1. The van der Waals surface area contributed by atoms with Crippen LogP contribution >= 0.6 is 12.4 Å². The molecule has 0 spiro atoms. The Kier molecular flexibility index (Phi) is 6.96. The molecule has 0 saturated carbocycles. The Bertz CT molecular complexity index is 435. The van der Waals surface area contributed by atoms with Crippen LogP contribution in [0.3, 0.4) is 0 Å². The Morgan fingerprint density at radius 2 is 2.05 bits per heavy atom. The molecule has 5 heteroatoms. The summed E-state index contributed by atoms with van der Waals surface area (Å²) in [5.41, 5.74) is 7.09. The van der Waals surface area contributed by atoms with Crippen molar-refractivity contribution < 1.29 is 9.47 Å². The largest absolute Gasteiger partial charge is 0.491 e. The molecular weight excluding hydrogens is 300 g/mol. The summed E-state index contributed by atoms with van der Waals surface area (Å²) in [5.74, 6) is 1.62. The molecule has 124 valence electrons. The Hall–Kier alpha value is -0.810. The summed E-state index contributed by atoms with van der Waals surface area (Å²) in [7, 11) is 0. The van der Waals surface area contributed by atoms with Crippen molar-refractivity contribution in [1.82, 2.24) is 4.90 Å². The Morgan fingerprint density at radius 1 is 1.23 bits per heavy atom. The van der Waals surface area contributed by atoms with E-state index in [4.69, 9.17) is 15.2 Å². The van der Waals surface area contributed by atoms with Crippen LogP contribution in [0, 0.1) is 5.92 Å². The molecular formula is C17H27ClN2O2. The molecule has 0 aliphatic carbocycles. The highest BCUT2D eigenvalue weighted by Crippen LogP contribution is 2.20. The summed E-state index contributed by atoms with van der Waals surface area (Å²) >= 11 is 0. The van der Waals surface area contributed by atoms with Crippen LogP contribution in [0.15, 0.2) is 24.3 Å². The second-order valence-corrected chi connectivity index (χ2v) is 6.22. The van der Waals surface area contributed by atoms with Crippen LogP contribution in [0.5, 0.6) is 5.75 Å². The molecule has 2 heterocycles. The van der Waals surface area contributed by atoms with E-state index >= 15 is 0 Å². The second kappa shape index (κ2) is 8.73. The van der Waals surface area contributed by atoms with Gasteiger partial charge in [-0.05, 0) is 56.0 Å². The van der Waals surface area contributed by atoms with Crippen molar-refractivity contribution in [3.8, 4) is 5.75 Å². The van der Waals surface area contributed by atoms with Gasteiger partial charge in [0.15, 0.2) is 0 Å². The summed E-state index contributed by atoms with van der Waals surface area (Å²) in [5, 5.41) is 0. The SMILES string of the molecule is Cl.NCC1CCN(Cc2ccc(OCC3CCCO3)cc2)C1. The average molecular weight is 327 g/mol. The highest BCUT2D eigenvalue weighted by Gasteiger charge is 2.21. The van der Waals surface area contributed by atoms with Gasteiger partial charge in [-0.25, -0.2) is 0 Å². The normalized spacial score (nSPS) is 25.1. The monoisotopic (exact) mass is 326 g/mol. The van der Waals surface area contributed by atoms with Gasteiger partial charge in [0.05, 0.1) is 6.10 Å². The van der Waals surface area contributed by atoms with Gasteiger partial charge in [-0.1, -0.05) is 12.1 Å². The fraction of sp³-hybridized carbons (Fsp3) is 0.647. The lowest BCUT2D eigenvalue weighted by atomic mass is 10.1. The van der Waals surface area contributed by atoms with E-state index in [1.807, 2.05) is 0 Å². The highest BCUT2D eigenvalue weighted by atomic mass is 35.5. The van der Waals surface area contributed by atoms with Crippen LogP contribution in [0.1, 0.15) is 24.8 Å². The summed E-state index contributed by atoms with van der Waals surface area (Å²) < 4.78 is 11.4. The highest BCUT2D eigenvalue weighted by molar-refractivity contribution is 5.85. The third kappa shape index (κ3) is 4.85. The zero-order chi connectivity index (χ0) is 14.5. The molecule has 2 saturated heterocycles. The quantitative estimate of drug-likeness (QED) is 0.872. The van der Waals surface area contributed by atoms with Crippen molar-refractivity contribution in [2.75, 3.05) is 32.8 Å². The van der Waals surface area contributed by atoms with Crippen molar-refractivity contribution >= 4 is 12.4 Å². The van der Waals surface area contributed by atoms with Crippen LogP contribution in [0.2, 0.25) is 0 Å². The second-order valence-electron chi connectivity index (χ2n) is 6.22. The van der Waals surface area contributed by atoms with Crippen LogP contribution < -0.4 is 10.5 Å². The maximum atomic E-state index is 5.79. The number of hydrogen-bond acceptors (Lipinski definition) is 4. The minimum absolute atomic E-state index is 0.